The maximum atomic E-state index is 8.10. The fraction of sp³-hybridized carbons (Fsp3) is 1.00. The van der Waals surface area contributed by atoms with Gasteiger partial charge in [-0.25, -0.2) is 0 Å². The normalized spacial score (nSPS) is 14.5. The van der Waals surface area contributed by atoms with Crippen LogP contribution in [0.5, 0.6) is 0 Å². The van der Waals surface area contributed by atoms with Gasteiger partial charge in [0.2, 0.25) is 0 Å². The molecule has 0 aromatic heterocycles. The molecule has 0 aliphatic carbocycles. The highest BCUT2D eigenvalue weighted by Crippen LogP contribution is 2.66. The first-order chi connectivity index (χ1) is 46.6. The predicted octanol–water partition coefficient (Wildman–Crippen LogP) is 35.2. The van der Waals surface area contributed by atoms with Crippen LogP contribution in [0.1, 0.15) is 574 Å². The zero-order valence-corrected chi connectivity index (χ0v) is 67.3. The standard InChI is InChI=1S/C93H186O/c1-7-13-19-25-31-37-43-49-51-53-59-65-71-77-83-91(84-78-72-66-60-54-52-50-44-38-32-26-20-14-8-2)89-90-94-93(87-81-75-69-63-57-47-41-35-29-23-17-11-5,88-82-76-70-64-58-48-42-36-30-24-18-12-6)92(91,85-79-73-67-61-55-45-39-33-27-21-15-9-3)86-80-74-68-62-56-46-40-34-28-22-16-10-4/h7-90H2,1-6H3. The summed E-state index contributed by atoms with van der Waals surface area (Å²) in [5.41, 5.74) is 0.810. The van der Waals surface area contributed by atoms with E-state index < -0.39 is 0 Å². The smallest absolute Gasteiger partial charge is 0.0743 e. The number of ether oxygens (including phenoxy) is 1. The van der Waals surface area contributed by atoms with E-state index >= 15 is 0 Å². The van der Waals surface area contributed by atoms with Crippen LogP contribution >= 0.6 is 0 Å². The van der Waals surface area contributed by atoms with Gasteiger partial charge in [-0.3, -0.25) is 0 Å². The minimum atomic E-state index is 0.0593. The minimum absolute atomic E-state index is 0.0593. The Morgan fingerprint density at radius 1 is 0.160 bits per heavy atom. The number of rotatable bonds is 82. The highest BCUT2D eigenvalue weighted by atomic mass is 16.5. The third kappa shape index (κ3) is 52.9. The summed E-state index contributed by atoms with van der Waals surface area (Å²) in [6, 6.07) is 0. The topological polar surface area (TPSA) is 9.23 Å². The summed E-state index contributed by atoms with van der Waals surface area (Å²) in [7, 11) is 0. The molecule has 0 bridgehead atoms. The number of hydrogen-bond donors (Lipinski definition) is 0. The van der Waals surface area contributed by atoms with Crippen molar-refractivity contribution in [3.05, 3.63) is 0 Å². The molecule has 1 heterocycles. The molecule has 564 valence electrons. The zero-order chi connectivity index (χ0) is 67.6. The van der Waals surface area contributed by atoms with Gasteiger partial charge in [0.15, 0.2) is 0 Å². The Kier molecular flexibility index (Phi) is 72.6. The molecule has 1 fully saturated rings. The van der Waals surface area contributed by atoms with Crippen molar-refractivity contribution in [1.29, 1.82) is 0 Å². The van der Waals surface area contributed by atoms with Crippen LogP contribution in [0, 0.1) is 10.8 Å². The largest absolute Gasteiger partial charge is 0.374 e. The second-order valence-corrected chi connectivity index (χ2v) is 33.2. The first kappa shape index (κ1) is 92.0. The Morgan fingerprint density at radius 3 is 0.468 bits per heavy atom. The van der Waals surface area contributed by atoms with E-state index in [4.69, 9.17) is 4.74 Å². The van der Waals surface area contributed by atoms with Crippen molar-refractivity contribution in [2.24, 2.45) is 10.8 Å². The van der Waals surface area contributed by atoms with Gasteiger partial charge >= 0.3 is 0 Å². The monoisotopic (exact) mass is 1320 g/mol. The lowest BCUT2D eigenvalue weighted by atomic mass is 9.45. The molecular formula is C93H186O. The highest BCUT2D eigenvalue weighted by molar-refractivity contribution is 5.12. The second kappa shape index (κ2) is 74.2. The third-order valence-electron chi connectivity index (χ3n) is 24.6. The van der Waals surface area contributed by atoms with E-state index in [1.54, 1.807) is 0 Å². The molecule has 1 saturated heterocycles. The van der Waals surface area contributed by atoms with Crippen molar-refractivity contribution in [3.63, 3.8) is 0 Å². The van der Waals surface area contributed by atoms with Crippen molar-refractivity contribution in [1.82, 2.24) is 0 Å². The van der Waals surface area contributed by atoms with Crippen LogP contribution in [-0.2, 0) is 4.74 Å². The fourth-order valence-corrected chi connectivity index (χ4v) is 18.4. The van der Waals surface area contributed by atoms with Crippen LogP contribution in [0.2, 0.25) is 0 Å². The average Bonchev–Trinajstić information content (AvgIpc) is 0.713. The van der Waals surface area contributed by atoms with Crippen molar-refractivity contribution in [2.45, 2.75) is 580 Å². The Hall–Kier alpha value is -0.0400. The molecule has 1 aliphatic rings. The van der Waals surface area contributed by atoms with E-state index in [0.29, 0.717) is 10.8 Å². The molecule has 0 amide bonds. The summed E-state index contributed by atoms with van der Waals surface area (Å²) in [4.78, 5) is 0. The number of unbranched alkanes of at least 4 members (excludes halogenated alkanes) is 70. The predicted molar refractivity (Wildman–Crippen MR) is 431 cm³/mol. The Labute approximate surface area is 598 Å². The summed E-state index contributed by atoms with van der Waals surface area (Å²) >= 11 is 0. The van der Waals surface area contributed by atoms with Crippen molar-refractivity contribution < 1.29 is 4.74 Å². The molecule has 0 saturated carbocycles. The Bertz CT molecular complexity index is 1290. The molecule has 0 radical (unpaired) electrons. The first-order valence-electron chi connectivity index (χ1n) is 46.2. The molecule has 94 heavy (non-hydrogen) atoms. The van der Waals surface area contributed by atoms with E-state index in [0.717, 1.165) is 6.61 Å². The summed E-state index contributed by atoms with van der Waals surface area (Å²) in [6.07, 6.45) is 121. The Balaban J connectivity index is 3.69. The molecule has 0 unspecified atom stereocenters. The van der Waals surface area contributed by atoms with E-state index in [1.165, 1.54) is 533 Å². The van der Waals surface area contributed by atoms with Crippen molar-refractivity contribution >= 4 is 0 Å². The lowest BCUT2D eigenvalue weighted by Gasteiger charge is -2.65. The molecule has 1 aliphatic heterocycles. The second-order valence-electron chi connectivity index (χ2n) is 33.2. The molecule has 0 atom stereocenters. The lowest BCUT2D eigenvalue weighted by molar-refractivity contribution is -0.257. The molecule has 0 spiro atoms. The molecule has 0 aromatic carbocycles. The average molecular weight is 1320 g/mol. The molecule has 1 rings (SSSR count). The van der Waals surface area contributed by atoms with E-state index in [2.05, 4.69) is 41.5 Å². The number of hydrogen-bond acceptors (Lipinski definition) is 1. The van der Waals surface area contributed by atoms with Crippen LogP contribution in [0.15, 0.2) is 0 Å². The van der Waals surface area contributed by atoms with Gasteiger partial charge in [-0.1, -0.05) is 530 Å². The minimum Gasteiger partial charge on any atom is -0.374 e. The van der Waals surface area contributed by atoms with Crippen LogP contribution in [-0.4, -0.2) is 12.2 Å². The maximum absolute atomic E-state index is 8.10. The van der Waals surface area contributed by atoms with Gasteiger partial charge in [0.05, 0.1) is 5.60 Å². The van der Waals surface area contributed by atoms with Gasteiger partial charge in [0, 0.05) is 12.0 Å². The van der Waals surface area contributed by atoms with Crippen LogP contribution in [0.4, 0.5) is 0 Å². The summed E-state index contributed by atoms with van der Waals surface area (Å²) < 4.78 is 8.10. The Morgan fingerprint density at radius 2 is 0.298 bits per heavy atom. The van der Waals surface area contributed by atoms with E-state index in [1.807, 2.05) is 0 Å². The third-order valence-corrected chi connectivity index (χ3v) is 24.6. The van der Waals surface area contributed by atoms with Gasteiger partial charge in [-0.15, -0.1) is 0 Å². The van der Waals surface area contributed by atoms with Crippen LogP contribution in [0.3, 0.4) is 0 Å². The molecule has 1 nitrogen and oxygen atoms in total. The maximum Gasteiger partial charge on any atom is 0.0743 e. The van der Waals surface area contributed by atoms with Gasteiger partial charge in [0.1, 0.15) is 0 Å². The molecule has 0 N–H and O–H groups in total. The van der Waals surface area contributed by atoms with Gasteiger partial charge in [0.25, 0.3) is 0 Å². The van der Waals surface area contributed by atoms with Gasteiger partial charge in [-0.05, 0) is 50.4 Å². The summed E-state index contributed by atoms with van der Waals surface area (Å²) in [6.45, 7) is 15.2. The van der Waals surface area contributed by atoms with Gasteiger partial charge in [-0.2, -0.15) is 0 Å². The molecular weight excluding hydrogens is 1130 g/mol. The van der Waals surface area contributed by atoms with Crippen LogP contribution < -0.4 is 0 Å². The highest BCUT2D eigenvalue weighted by Gasteiger charge is 2.63. The van der Waals surface area contributed by atoms with E-state index in [9.17, 15) is 0 Å². The van der Waals surface area contributed by atoms with Crippen molar-refractivity contribution in [3.8, 4) is 0 Å². The molecule has 0 aromatic rings. The summed E-state index contributed by atoms with van der Waals surface area (Å²) in [5, 5.41) is 0. The summed E-state index contributed by atoms with van der Waals surface area (Å²) in [5.74, 6) is 0. The van der Waals surface area contributed by atoms with E-state index in [-0.39, 0.29) is 5.60 Å². The fourth-order valence-electron chi connectivity index (χ4n) is 18.4. The lowest BCUT2D eigenvalue weighted by Crippen LogP contribution is -2.63. The van der Waals surface area contributed by atoms with Crippen LogP contribution in [0.25, 0.3) is 0 Å². The first-order valence-corrected chi connectivity index (χ1v) is 46.2. The quantitative estimate of drug-likeness (QED) is 0.0552. The zero-order valence-electron chi connectivity index (χ0n) is 67.3. The molecule has 1 heteroatoms. The van der Waals surface area contributed by atoms with Gasteiger partial charge < -0.3 is 4.74 Å². The van der Waals surface area contributed by atoms with Crippen molar-refractivity contribution in [2.75, 3.05) is 6.61 Å². The SMILES string of the molecule is CCCCCCCCCCCCCCCCC1(CCCCCCCCCCCCCCCC)CCOC(CCCCCCCCCCCCCC)(CCCCCCCCCCCCCC)C1(CCCCCCCCCCCCCC)CCCCCCCCCCCCCC.